The van der Waals surface area contributed by atoms with Crippen LogP contribution in [0.25, 0.3) is 0 Å². The van der Waals surface area contributed by atoms with E-state index < -0.39 is 0 Å². The molecule has 3 N–H and O–H groups in total. The Hall–Kier alpha value is -2.50. The molecule has 0 bridgehead atoms. The molecule has 0 spiro atoms. The monoisotopic (exact) mass is 571 g/mol. The van der Waals surface area contributed by atoms with E-state index in [0.717, 1.165) is 38.5 Å². The molecule has 6 rings (SSSR count). The van der Waals surface area contributed by atoms with Gasteiger partial charge < -0.3 is 15.5 Å². The number of carbonyl (C=O) groups excluding carboxylic acids is 2. The molecule has 2 aromatic carbocycles. The van der Waals surface area contributed by atoms with Gasteiger partial charge in [-0.2, -0.15) is 0 Å². The van der Waals surface area contributed by atoms with Crippen molar-refractivity contribution in [3.05, 3.63) is 65.7 Å². The molecule has 4 saturated carbocycles. The lowest BCUT2D eigenvalue weighted by Crippen LogP contribution is -2.58. The summed E-state index contributed by atoms with van der Waals surface area (Å²) in [5.41, 5.74) is 2.13. The predicted octanol–water partition coefficient (Wildman–Crippen LogP) is 7.26. The number of rotatable bonds is 7. The number of nitrogens with one attached hydrogen (secondary N) is 1. The molecule has 4 aliphatic rings. The molecule has 0 radical (unpaired) electrons. The van der Waals surface area contributed by atoms with Gasteiger partial charge in [-0.15, -0.1) is 0 Å². The molecule has 0 aromatic heterocycles. The number of anilines is 1. The highest BCUT2D eigenvalue weighted by Crippen LogP contribution is 2.68. The van der Waals surface area contributed by atoms with Gasteiger partial charge in [0, 0.05) is 23.2 Å². The van der Waals surface area contributed by atoms with Crippen molar-refractivity contribution in [1.82, 2.24) is 0 Å². The zero-order valence-corrected chi connectivity index (χ0v) is 25.6. The van der Waals surface area contributed by atoms with Crippen molar-refractivity contribution in [2.75, 3.05) is 5.32 Å². The van der Waals surface area contributed by atoms with Crippen LogP contribution < -0.4 is 5.32 Å². The van der Waals surface area contributed by atoms with Crippen LogP contribution in [0.4, 0.5) is 5.69 Å². The lowest BCUT2D eigenvalue weighted by Gasteiger charge is -2.62. The Morgan fingerprint density at radius 3 is 2.33 bits per heavy atom. The summed E-state index contributed by atoms with van der Waals surface area (Å²) in [6.45, 7) is 7.12. The van der Waals surface area contributed by atoms with Crippen molar-refractivity contribution in [3.8, 4) is 0 Å². The molecule has 2 aromatic rings. The van der Waals surface area contributed by atoms with Crippen LogP contribution >= 0.6 is 0 Å². The first kappa shape index (κ1) is 29.6. The molecule has 0 heterocycles. The molecule has 4 unspecified atom stereocenters. The number of amides is 1. The third-order valence-electron chi connectivity index (χ3n) is 12.8. The Labute approximate surface area is 251 Å². The summed E-state index contributed by atoms with van der Waals surface area (Å²) in [5, 5.41) is 25.2. The third-order valence-corrected chi connectivity index (χ3v) is 12.8. The molecule has 1 amide bonds. The van der Waals surface area contributed by atoms with Crippen LogP contribution in [0.2, 0.25) is 0 Å². The molecule has 4 aliphatic carbocycles. The van der Waals surface area contributed by atoms with E-state index in [-0.39, 0.29) is 34.7 Å². The first-order valence-electron chi connectivity index (χ1n) is 16.5. The number of fused-ring (bicyclic) bond motifs is 5. The topological polar surface area (TPSA) is 86.6 Å². The summed E-state index contributed by atoms with van der Waals surface area (Å²) in [5.74, 6) is 3.13. The van der Waals surface area contributed by atoms with Crippen LogP contribution in [0, 0.1) is 46.3 Å². The van der Waals surface area contributed by atoms with Gasteiger partial charge in [0.15, 0.2) is 5.78 Å². The number of ketones is 1. The van der Waals surface area contributed by atoms with Crippen molar-refractivity contribution in [2.24, 2.45) is 46.3 Å². The minimum atomic E-state index is -0.299. The van der Waals surface area contributed by atoms with Crippen molar-refractivity contribution < 1.29 is 19.8 Å². The summed E-state index contributed by atoms with van der Waals surface area (Å²) in [7, 11) is 0. The quantitative estimate of drug-likeness (QED) is 0.305. The zero-order valence-electron chi connectivity index (χ0n) is 25.6. The minimum absolute atomic E-state index is 0.00123. The summed E-state index contributed by atoms with van der Waals surface area (Å²) in [6, 6.07) is 16.4. The fourth-order valence-electron chi connectivity index (χ4n) is 10.4. The van der Waals surface area contributed by atoms with Crippen LogP contribution in [0.1, 0.15) is 101 Å². The van der Waals surface area contributed by atoms with Crippen LogP contribution in [-0.2, 0) is 4.79 Å². The smallest absolute Gasteiger partial charge is 0.224 e. The van der Waals surface area contributed by atoms with Crippen LogP contribution in [0.15, 0.2) is 54.6 Å². The van der Waals surface area contributed by atoms with Gasteiger partial charge in [-0.25, -0.2) is 0 Å². The normalized spacial score (nSPS) is 38.1. The molecular formula is C37H49NO4. The van der Waals surface area contributed by atoms with Gasteiger partial charge in [-0.05, 0) is 128 Å². The van der Waals surface area contributed by atoms with Gasteiger partial charge in [0.05, 0.1) is 12.2 Å². The number of benzene rings is 2. The molecule has 226 valence electrons. The SMILES string of the molecule is C[C@H](CCC(=O)Nc1ccc(C(=O)c2ccccc2)cc1)[C@H]1CCC2C3CCC4C[C@H](O)CC[C@]4(C)C3C[C@H](O)[C@@]21C. The van der Waals surface area contributed by atoms with Gasteiger partial charge in [0.25, 0.3) is 0 Å². The molecule has 10 atom stereocenters. The lowest BCUT2D eigenvalue weighted by molar-refractivity contribution is -0.174. The second-order valence-corrected chi connectivity index (χ2v) is 14.7. The van der Waals surface area contributed by atoms with Gasteiger partial charge in [0.1, 0.15) is 0 Å². The first-order chi connectivity index (χ1) is 20.1. The van der Waals surface area contributed by atoms with Crippen LogP contribution in [0.5, 0.6) is 0 Å². The molecule has 5 heteroatoms. The average molecular weight is 572 g/mol. The highest BCUT2D eigenvalue weighted by atomic mass is 16.3. The Bertz CT molecular complexity index is 1280. The van der Waals surface area contributed by atoms with Crippen LogP contribution in [0.3, 0.4) is 0 Å². The summed E-state index contributed by atoms with van der Waals surface area (Å²) < 4.78 is 0. The fourth-order valence-corrected chi connectivity index (χ4v) is 10.4. The Morgan fingerprint density at radius 2 is 1.60 bits per heavy atom. The molecule has 42 heavy (non-hydrogen) atoms. The van der Waals surface area contributed by atoms with Crippen LogP contribution in [-0.4, -0.2) is 34.1 Å². The van der Waals surface area contributed by atoms with E-state index in [4.69, 9.17) is 0 Å². The standard InChI is InChI=1S/C37H49NO4/c1-23(9-18-34(41)38-27-13-10-25(11-14-27)35(42)24-7-5-4-6-8-24)30-16-17-31-29-15-12-26-21-28(39)19-20-36(26,2)32(29)22-33(40)37(30,31)3/h4-8,10-11,13-14,23,26,28-33,39-40H,9,12,15-22H2,1-3H3,(H,38,41)/t23-,26?,28-,29?,30-,31?,32?,33+,36+,37-/m1/s1. The van der Waals surface area contributed by atoms with E-state index in [9.17, 15) is 19.8 Å². The first-order valence-corrected chi connectivity index (χ1v) is 16.5. The summed E-state index contributed by atoms with van der Waals surface area (Å²) in [4.78, 5) is 25.6. The van der Waals surface area contributed by atoms with E-state index in [1.54, 1.807) is 24.3 Å². The maximum Gasteiger partial charge on any atom is 0.224 e. The maximum absolute atomic E-state index is 12.9. The predicted molar refractivity (Wildman–Crippen MR) is 166 cm³/mol. The highest BCUT2D eigenvalue weighted by Gasteiger charge is 2.63. The number of aliphatic hydroxyl groups is 2. The van der Waals surface area contributed by atoms with Gasteiger partial charge >= 0.3 is 0 Å². The van der Waals surface area contributed by atoms with Crippen molar-refractivity contribution in [3.63, 3.8) is 0 Å². The van der Waals surface area contributed by atoms with Gasteiger partial charge in [0.2, 0.25) is 5.91 Å². The second-order valence-electron chi connectivity index (χ2n) is 14.7. The number of hydrogen-bond donors (Lipinski definition) is 3. The molecular weight excluding hydrogens is 522 g/mol. The van der Waals surface area contributed by atoms with Crippen molar-refractivity contribution >= 4 is 17.4 Å². The van der Waals surface area contributed by atoms with E-state index in [0.29, 0.717) is 58.7 Å². The lowest BCUT2D eigenvalue weighted by atomic mass is 9.43. The molecule has 0 aliphatic heterocycles. The van der Waals surface area contributed by atoms with Gasteiger partial charge in [-0.1, -0.05) is 51.1 Å². The van der Waals surface area contributed by atoms with E-state index in [2.05, 4.69) is 26.1 Å². The van der Waals surface area contributed by atoms with E-state index in [1.165, 1.54) is 19.3 Å². The molecule has 5 nitrogen and oxygen atoms in total. The Balaban J connectivity index is 1.06. The third kappa shape index (κ3) is 5.15. The second kappa shape index (κ2) is 11.5. The number of aliphatic hydroxyl groups excluding tert-OH is 2. The largest absolute Gasteiger partial charge is 0.393 e. The molecule has 0 saturated heterocycles. The maximum atomic E-state index is 12.9. The zero-order chi connectivity index (χ0) is 29.6. The van der Waals surface area contributed by atoms with E-state index >= 15 is 0 Å². The number of hydrogen-bond acceptors (Lipinski definition) is 4. The summed E-state index contributed by atoms with van der Waals surface area (Å²) in [6.07, 6.45) is 9.44. The van der Waals surface area contributed by atoms with Crippen molar-refractivity contribution in [1.29, 1.82) is 0 Å². The Morgan fingerprint density at radius 1 is 0.881 bits per heavy atom. The number of carbonyl (C=O) groups is 2. The highest BCUT2D eigenvalue weighted by molar-refractivity contribution is 6.09. The van der Waals surface area contributed by atoms with Crippen molar-refractivity contribution in [2.45, 2.75) is 97.2 Å². The average Bonchev–Trinajstić information content (AvgIpc) is 3.36. The van der Waals surface area contributed by atoms with E-state index in [1.807, 2.05) is 30.3 Å². The Kier molecular flexibility index (Phi) is 8.12. The fraction of sp³-hybridized carbons (Fsp3) is 0.622. The minimum Gasteiger partial charge on any atom is -0.393 e. The van der Waals surface area contributed by atoms with Gasteiger partial charge in [-0.3, -0.25) is 9.59 Å². The molecule has 4 fully saturated rings. The summed E-state index contributed by atoms with van der Waals surface area (Å²) >= 11 is 0.